The van der Waals surface area contributed by atoms with Gasteiger partial charge in [-0.1, -0.05) is 0 Å². The van der Waals surface area contributed by atoms with Crippen LogP contribution in [0.2, 0.25) is 0 Å². The summed E-state index contributed by atoms with van der Waals surface area (Å²) in [6, 6.07) is 0. The third-order valence-corrected chi connectivity index (χ3v) is 4.36. The van der Waals surface area contributed by atoms with Crippen LogP contribution < -0.4 is 0 Å². The summed E-state index contributed by atoms with van der Waals surface area (Å²) in [5.74, 6) is 0.00648. The van der Waals surface area contributed by atoms with Crippen molar-refractivity contribution in [3.8, 4) is 0 Å². The Morgan fingerprint density at radius 1 is 1.42 bits per heavy atom. The highest BCUT2D eigenvalue weighted by Gasteiger charge is 2.41. The third kappa shape index (κ3) is 3.91. The largest absolute Gasteiger partial charge is 0.375 e. The van der Waals surface area contributed by atoms with Crippen LogP contribution in [0.5, 0.6) is 0 Å². The summed E-state index contributed by atoms with van der Waals surface area (Å²) in [5.41, 5.74) is 0.367. The van der Waals surface area contributed by atoms with Gasteiger partial charge < -0.3 is 19.3 Å². The number of piperidine rings is 1. The Balaban J connectivity index is 1.69. The van der Waals surface area contributed by atoms with Crippen LogP contribution in [0.1, 0.15) is 19.3 Å². The molecular formula is C14H26N2O3. The number of carbonyl (C=O) groups is 1. The average Bonchev–Trinajstić information content (AvgIpc) is 2.77. The van der Waals surface area contributed by atoms with E-state index in [1.807, 2.05) is 0 Å². The van der Waals surface area contributed by atoms with Crippen molar-refractivity contribution in [2.75, 3.05) is 54.1 Å². The fraction of sp³-hybridized carbons (Fsp3) is 0.929. The van der Waals surface area contributed by atoms with Crippen molar-refractivity contribution in [3.05, 3.63) is 0 Å². The Hall–Kier alpha value is -0.650. The van der Waals surface area contributed by atoms with Gasteiger partial charge in [0.05, 0.1) is 19.3 Å². The number of nitrogens with zero attached hydrogens (tertiary/aromatic N) is 2. The lowest BCUT2D eigenvalue weighted by atomic mass is 9.77. The van der Waals surface area contributed by atoms with Crippen molar-refractivity contribution < 1.29 is 14.3 Å². The van der Waals surface area contributed by atoms with E-state index in [0.717, 1.165) is 26.1 Å². The van der Waals surface area contributed by atoms with E-state index in [0.29, 0.717) is 12.0 Å². The highest BCUT2D eigenvalue weighted by atomic mass is 16.5. The van der Waals surface area contributed by atoms with Gasteiger partial charge in [0.25, 0.3) is 0 Å². The van der Waals surface area contributed by atoms with Crippen molar-refractivity contribution in [1.29, 1.82) is 0 Å². The summed E-state index contributed by atoms with van der Waals surface area (Å²) in [5, 5.41) is 0. The average molecular weight is 270 g/mol. The van der Waals surface area contributed by atoms with Gasteiger partial charge >= 0.3 is 0 Å². The fourth-order valence-electron chi connectivity index (χ4n) is 2.85. The Bertz CT molecular complexity index is 312. The molecular weight excluding hydrogens is 244 g/mol. The molecule has 2 heterocycles. The van der Waals surface area contributed by atoms with Crippen LogP contribution in [-0.2, 0) is 14.3 Å². The molecule has 0 unspecified atom stereocenters. The van der Waals surface area contributed by atoms with Crippen molar-refractivity contribution in [1.82, 2.24) is 9.80 Å². The maximum Gasteiger partial charge on any atom is 0.248 e. The maximum absolute atomic E-state index is 11.4. The van der Waals surface area contributed by atoms with Crippen LogP contribution in [0.25, 0.3) is 0 Å². The van der Waals surface area contributed by atoms with E-state index in [9.17, 15) is 4.79 Å². The number of carbonyl (C=O) groups excluding carboxylic acids is 1. The number of rotatable bonds is 4. The summed E-state index contributed by atoms with van der Waals surface area (Å²) >= 11 is 0. The Morgan fingerprint density at radius 2 is 2.11 bits per heavy atom. The highest BCUT2D eigenvalue weighted by Crippen LogP contribution is 2.41. The van der Waals surface area contributed by atoms with E-state index in [1.165, 1.54) is 12.8 Å². The lowest BCUT2D eigenvalue weighted by Crippen LogP contribution is -2.38. The number of likely N-dealkylation sites (N-methyl/N-ethyl adjacent to an activating group) is 1. The van der Waals surface area contributed by atoms with Crippen LogP contribution in [0, 0.1) is 5.41 Å². The van der Waals surface area contributed by atoms with Crippen LogP contribution in [0.15, 0.2) is 0 Å². The van der Waals surface area contributed by atoms with Gasteiger partial charge in [-0.25, -0.2) is 0 Å². The Kier molecular flexibility index (Phi) is 4.81. The zero-order valence-corrected chi connectivity index (χ0v) is 12.4. The molecule has 2 saturated heterocycles. The fourth-order valence-corrected chi connectivity index (χ4v) is 2.85. The second-order valence-corrected chi connectivity index (χ2v) is 6.24. The van der Waals surface area contributed by atoms with E-state index < -0.39 is 0 Å². The SMILES string of the molecule is CN1CCC2(CC1)CO[C@@H](COCC(=O)N(C)C)C2. The van der Waals surface area contributed by atoms with Gasteiger partial charge in [0.1, 0.15) is 6.61 Å². The Labute approximate surface area is 115 Å². The van der Waals surface area contributed by atoms with E-state index in [-0.39, 0.29) is 18.6 Å². The molecule has 0 aliphatic carbocycles. The van der Waals surface area contributed by atoms with E-state index in [1.54, 1.807) is 19.0 Å². The molecule has 1 atom stereocenters. The van der Waals surface area contributed by atoms with Gasteiger partial charge in [0.2, 0.25) is 5.91 Å². The summed E-state index contributed by atoms with van der Waals surface area (Å²) < 4.78 is 11.3. The molecule has 0 aromatic rings. The molecule has 2 aliphatic rings. The maximum atomic E-state index is 11.4. The monoisotopic (exact) mass is 270 g/mol. The molecule has 0 aromatic heterocycles. The zero-order valence-electron chi connectivity index (χ0n) is 12.4. The normalized spacial score (nSPS) is 26.8. The van der Waals surface area contributed by atoms with E-state index >= 15 is 0 Å². The number of ether oxygens (including phenoxy) is 2. The summed E-state index contributed by atoms with van der Waals surface area (Å²) in [7, 11) is 5.66. The minimum absolute atomic E-state index is 0.00648. The summed E-state index contributed by atoms with van der Waals surface area (Å²) in [6.45, 7) is 3.88. The van der Waals surface area contributed by atoms with Crippen molar-refractivity contribution in [3.63, 3.8) is 0 Å². The molecule has 1 amide bonds. The lowest BCUT2D eigenvalue weighted by molar-refractivity contribution is -0.134. The smallest absolute Gasteiger partial charge is 0.248 e. The van der Waals surface area contributed by atoms with Gasteiger partial charge in [-0.2, -0.15) is 0 Å². The van der Waals surface area contributed by atoms with Crippen LogP contribution >= 0.6 is 0 Å². The van der Waals surface area contributed by atoms with Crippen molar-refractivity contribution in [2.24, 2.45) is 5.41 Å². The first kappa shape index (κ1) is 14.8. The minimum Gasteiger partial charge on any atom is -0.375 e. The molecule has 110 valence electrons. The number of amides is 1. The van der Waals surface area contributed by atoms with Gasteiger partial charge in [0, 0.05) is 14.1 Å². The molecule has 1 spiro atoms. The summed E-state index contributed by atoms with van der Waals surface area (Å²) in [4.78, 5) is 15.3. The number of hydrogen-bond acceptors (Lipinski definition) is 4. The first-order chi connectivity index (χ1) is 9.01. The first-order valence-electron chi connectivity index (χ1n) is 7.09. The van der Waals surface area contributed by atoms with E-state index in [4.69, 9.17) is 9.47 Å². The molecule has 2 rings (SSSR count). The van der Waals surface area contributed by atoms with Gasteiger partial charge in [-0.05, 0) is 44.8 Å². The van der Waals surface area contributed by atoms with Gasteiger partial charge in [-0.3, -0.25) is 4.79 Å². The van der Waals surface area contributed by atoms with Crippen molar-refractivity contribution in [2.45, 2.75) is 25.4 Å². The predicted octanol–water partition coefficient (Wildman–Crippen LogP) is 0.592. The molecule has 5 nitrogen and oxygen atoms in total. The lowest BCUT2D eigenvalue weighted by Gasteiger charge is -2.36. The van der Waals surface area contributed by atoms with Gasteiger partial charge in [0.15, 0.2) is 0 Å². The molecule has 19 heavy (non-hydrogen) atoms. The predicted molar refractivity (Wildman–Crippen MR) is 73.0 cm³/mol. The van der Waals surface area contributed by atoms with Crippen molar-refractivity contribution >= 4 is 5.91 Å². The molecule has 0 bridgehead atoms. The molecule has 5 heteroatoms. The highest BCUT2D eigenvalue weighted by molar-refractivity contribution is 5.76. The first-order valence-corrected chi connectivity index (χ1v) is 7.09. The topological polar surface area (TPSA) is 42.0 Å². The molecule has 0 aromatic carbocycles. The van der Waals surface area contributed by atoms with Gasteiger partial charge in [-0.15, -0.1) is 0 Å². The van der Waals surface area contributed by atoms with E-state index in [2.05, 4.69) is 11.9 Å². The molecule has 0 N–H and O–H groups in total. The molecule has 2 fully saturated rings. The zero-order chi connectivity index (χ0) is 13.9. The second-order valence-electron chi connectivity index (χ2n) is 6.24. The molecule has 2 aliphatic heterocycles. The van der Waals surface area contributed by atoms with Crippen LogP contribution in [-0.4, -0.2) is 75.9 Å². The number of likely N-dealkylation sites (tertiary alicyclic amines) is 1. The molecule has 0 saturated carbocycles. The molecule has 0 radical (unpaired) electrons. The third-order valence-electron chi connectivity index (χ3n) is 4.36. The second kappa shape index (κ2) is 6.20. The number of hydrogen-bond donors (Lipinski definition) is 0. The quantitative estimate of drug-likeness (QED) is 0.750. The van der Waals surface area contributed by atoms with Crippen LogP contribution in [0.4, 0.5) is 0 Å². The summed E-state index contributed by atoms with van der Waals surface area (Å²) in [6.07, 6.45) is 3.68. The minimum atomic E-state index is 0.00648. The Morgan fingerprint density at radius 3 is 2.74 bits per heavy atom. The van der Waals surface area contributed by atoms with Crippen LogP contribution in [0.3, 0.4) is 0 Å². The standard InChI is InChI=1S/C14H26N2O3/c1-15(2)13(17)10-18-9-12-8-14(11-19-12)4-6-16(3)7-5-14/h12H,4-11H2,1-3H3/t12-/m1/s1.